The van der Waals surface area contributed by atoms with Gasteiger partial charge >= 0.3 is 0 Å². The first-order valence-electron chi connectivity index (χ1n) is 6.98. The van der Waals surface area contributed by atoms with E-state index in [4.69, 9.17) is 15.3 Å². The molecule has 1 aliphatic heterocycles. The van der Waals surface area contributed by atoms with Gasteiger partial charge in [0.05, 0.1) is 12.7 Å². The van der Waals surface area contributed by atoms with Gasteiger partial charge in [0.25, 0.3) is 0 Å². The van der Waals surface area contributed by atoms with Crippen molar-refractivity contribution in [1.82, 2.24) is 4.90 Å². The van der Waals surface area contributed by atoms with Crippen LogP contribution in [0, 0.1) is 22.7 Å². The number of hydrogen-bond acceptors (Lipinski definition) is 6. The summed E-state index contributed by atoms with van der Waals surface area (Å²) in [6.45, 7) is 5.48. The molecule has 0 unspecified atom stereocenters. The Hall–Kier alpha value is -1.34. The maximum Gasteiger partial charge on any atom is 0.129 e. The number of ether oxygens (including phenoxy) is 1. The van der Waals surface area contributed by atoms with Crippen molar-refractivity contribution in [3.8, 4) is 12.1 Å². The zero-order valence-corrected chi connectivity index (χ0v) is 14.5. The second-order valence-electron chi connectivity index (χ2n) is 4.90. The molecule has 0 atom stereocenters. The van der Waals surface area contributed by atoms with Gasteiger partial charge in [-0.2, -0.15) is 34.0 Å². The highest BCUT2D eigenvalue weighted by Gasteiger charge is 2.13. The highest BCUT2D eigenvalue weighted by molar-refractivity contribution is 8.01. The van der Waals surface area contributed by atoms with E-state index in [1.807, 2.05) is 53.8 Å². The van der Waals surface area contributed by atoms with Crippen LogP contribution in [-0.2, 0) is 4.74 Å². The van der Waals surface area contributed by atoms with Gasteiger partial charge in [-0.3, -0.25) is 0 Å². The fraction of sp³-hybridized carbons (Fsp3) is 0.500. The molecule has 1 saturated heterocycles. The molecule has 1 rings (SSSR count). The normalized spacial score (nSPS) is 16.4. The monoisotopic (exact) mass is 335 g/mol. The number of hydrogen-bond donors (Lipinski definition) is 0. The molecule has 0 bridgehead atoms. The van der Waals surface area contributed by atoms with E-state index in [-0.39, 0.29) is 5.57 Å². The number of likely N-dealkylation sites (N-methyl/N-ethyl adjacent to an activating group) is 1. The predicted molar refractivity (Wildman–Crippen MR) is 94.6 cm³/mol. The molecule has 0 aromatic rings. The van der Waals surface area contributed by atoms with Crippen LogP contribution in [0.4, 0.5) is 0 Å². The minimum Gasteiger partial charge on any atom is -0.378 e. The van der Waals surface area contributed by atoms with E-state index in [2.05, 4.69) is 6.58 Å². The van der Waals surface area contributed by atoms with Crippen molar-refractivity contribution in [3.63, 3.8) is 0 Å². The first-order valence-corrected chi connectivity index (χ1v) is 9.29. The second-order valence-corrected chi connectivity index (χ2v) is 6.96. The lowest BCUT2D eigenvalue weighted by Crippen LogP contribution is -2.26. The summed E-state index contributed by atoms with van der Waals surface area (Å²) in [7, 11) is 1.94. The van der Waals surface area contributed by atoms with Crippen molar-refractivity contribution in [2.45, 2.75) is 6.10 Å². The number of rotatable bonds is 6. The number of nitriles is 2. The standard InChI is InChI=1S/C16H21N3OS2/c1-14-10-21-12-16(13-22-11-14)20-7-6-19(2)5-3-4-15(8-17)9-18/h3-5,16H,1,6-7,10-13H2,2H3/b5-3+. The van der Waals surface area contributed by atoms with Crippen molar-refractivity contribution < 1.29 is 4.74 Å². The van der Waals surface area contributed by atoms with Crippen LogP contribution in [-0.4, -0.2) is 54.2 Å². The van der Waals surface area contributed by atoms with Crippen molar-refractivity contribution in [1.29, 1.82) is 10.5 Å². The van der Waals surface area contributed by atoms with Crippen LogP contribution in [0.25, 0.3) is 0 Å². The molecule has 1 aliphatic rings. The van der Waals surface area contributed by atoms with Gasteiger partial charge in [-0.15, -0.1) is 0 Å². The van der Waals surface area contributed by atoms with Gasteiger partial charge in [0.15, 0.2) is 0 Å². The average Bonchev–Trinajstić information content (AvgIpc) is 2.49. The quantitative estimate of drug-likeness (QED) is 0.423. The fourth-order valence-electron chi connectivity index (χ4n) is 1.68. The first kappa shape index (κ1) is 18.7. The van der Waals surface area contributed by atoms with Gasteiger partial charge in [0.1, 0.15) is 17.7 Å². The molecule has 118 valence electrons. The van der Waals surface area contributed by atoms with Crippen molar-refractivity contribution >= 4 is 23.5 Å². The van der Waals surface area contributed by atoms with Crippen molar-refractivity contribution in [2.24, 2.45) is 0 Å². The molecule has 0 radical (unpaired) electrons. The average molecular weight is 335 g/mol. The molecule has 0 aliphatic carbocycles. The van der Waals surface area contributed by atoms with E-state index < -0.39 is 0 Å². The predicted octanol–water partition coefficient (Wildman–Crippen LogP) is 2.83. The van der Waals surface area contributed by atoms with Crippen LogP contribution in [0.15, 0.2) is 36.1 Å². The summed E-state index contributed by atoms with van der Waals surface area (Å²) in [6.07, 6.45) is 5.34. The highest BCUT2D eigenvalue weighted by atomic mass is 32.2. The van der Waals surface area contributed by atoms with Gasteiger partial charge in [-0.1, -0.05) is 12.2 Å². The molecule has 0 spiro atoms. The number of thioether (sulfide) groups is 2. The molecule has 0 aromatic carbocycles. The molecule has 0 amide bonds. The first-order chi connectivity index (χ1) is 10.7. The van der Waals surface area contributed by atoms with E-state index in [0.717, 1.165) is 29.6 Å². The zero-order valence-electron chi connectivity index (χ0n) is 12.8. The minimum absolute atomic E-state index is 0.103. The molecule has 0 N–H and O–H groups in total. The Morgan fingerprint density at radius 3 is 2.59 bits per heavy atom. The van der Waals surface area contributed by atoms with Crippen LogP contribution >= 0.6 is 23.5 Å². The Bertz CT molecular complexity index is 475. The Kier molecular flexibility index (Phi) is 9.57. The van der Waals surface area contributed by atoms with Gasteiger partial charge in [0.2, 0.25) is 0 Å². The SMILES string of the molecule is C=C1CSCC(OCCN(C)/C=C/C=C(C#N)C#N)CSC1. The van der Waals surface area contributed by atoms with E-state index >= 15 is 0 Å². The number of allylic oxidation sites excluding steroid dienone is 3. The van der Waals surface area contributed by atoms with Crippen LogP contribution in [0.3, 0.4) is 0 Å². The third-order valence-electron chi connectivity index (χ3n) is 2.86. The second kappa shape index (κ2) is 11.3. The maximum atomic E-state index is 8.62. The molecule has 4 nitrogen and oxygen atoms in total. The summed E-state index contributed by atoms with van der Waals surface area (Å²) < 4.78 is 5.93. The Labute approximate surface area is 141 Å². The Balaban J connectivity index is 2.24. The van der Waals surface area contributed by atoms with Crippen molar-refractivity contribution in [3.05, 3.63) is 36.1 Å². The summed E-state index contributed by atoms with van der Waals surface area (Å²) in [5, 5.41) is 17.2. The molecule has 1 fully saturated rings. The van der Waals surface area contributed by atoms with Crippen LogP contribution in [0.5, 0.6) is 0 Å². The lowest BCUT2D eigenvalue weighted by molar-refractivity contribution is 0.0760. The van der Waals surface area contributed by atoms with Gasteiger partial charge in [-0.25, -0.2) is 0 Å². The fourth-order valence-corrected chi connectivity index (χ4v) is 3.93. The van der Waals surface area contributed by atoms with Gasteiger partial charge in [0, 0.05) is 36.6 Å². The molecule has 6 heteroatoms. The smallest absolute Gasteiger partial charge is 0.129 e. The zero-order chi connectivity index (χ0) is 16.2. The molecule has 0 aromatic heterocycles. The van der Waals surface area contributed by atoms with Crippen LogP contribution < -0.4 is 0 Å². The largest absolute Gasteiger partial charge is 0.378 e. The highest BCUT2D eigenvalue weighted by Crippen LogP contribution is 2.20. The van der Waals surface area contributed by atoms with E-state index in [1.54, 1.807) is 6.08 Å². The Morgan fingerprint density at radius 1 is 1.36 bits per heavy atom. The third kappa shape index (κ3) is 8.19. The minimum atomic E-state index is 0.103. The molecular weight excluding hydrogens is 314 g/mol. The molecule has 0 saturated carbocycles. The van der Waals surface area contributed by atoms with E-state index in [9.17, 15) is 0 Å². The molecule has 1 heterocycles. The summed E-state index contributed by atoms with van der Waals surface area (Å²) in [4.78, 5) is 1.98. The summed E-state index contributed by atoms with van der Waals surface area (Å²) in [5.41, 5.74) is 1.41. The molecular formula is C16H21N3OS2. The van der Waals surface area contributed by atoms with Crippen molar-refractivity contribution in [2.75, 3.05) is 43.2 Å². The molecule has 22 heavy (non-hydrogen) atoms. The van der Waals surface area contributed by atoms with E-state index in [1.165, 1.54) is 11.6 Å². The van der Waals surface area contributed by atoms with Crippen LogP contribution in [0.1, 0.15) is 0 Å². The van der Waals surface area contributed by atoms with Crippen LogP contribution in [0.2, 0.25) is 0 Å². The van der Waals surface area contributed by atoms with Gasteiger partial charge in [-0.05, 0) is 18.4 Å². The maximum absolute atomic E-state index is 8.62. The summed E-state index contributed by atoms with van der Waals surface area (Å²) >= 11 is 3.78. The summed E-state index contributed by atoms with van der Waals surface area (Å²) in [6, 6.07) is 3.64. The number of nitrogens with zero attached hydrogens (tertiary/aromatic N) is 3. The third-order valence-corrected chi connectivity index (χ3v) is 5.30. The lowest BCUT2D eigenvalue weighted by Gasteiger charge is -2.22. The van der Waals surface area contributed by atoms with E-state index in [0.29, 0.717) is 12.7 Å². The Morgan fingerprint density at radius 2 is 2.00 bits per heavy atom. The summed E-state index contributed by atoms with van der Waals surface area (Å²) in [5.74, 6) is 4.09. The lowest BCUT2D eigenvalue weighted by atomic mass is 10.3. The van der Waals surface area contributed by atoms with Gasteiger partial charge < -0.3 is 9.64 Å². The topological polar surface area (TPSA) is 60.0 Å².